The Morgan fingerprint density at radius 3 is 2.53 bits per heavy atom. The maximum atomic E-state index is 11.8. The van der Waals surface area contributed by atoms with Gasteiger partial charge in [-0.1, -0.05) is 20.8 Å². The lowest BCUT2D eigenvalue weighted by Gasteiger charge is -2.30. The van der Waals surface area contributed by atoms with Crippen molar-refractivity contribution in [1.29, 1.82) is 0 Å². The minimum atomic E-state index is -0.327. The van der Waals surface area contributed by atoms with Crippen LogP contribution in [0.2, 0.25) is 0 Å². The molecule has 0 bridgehead atoms. The van der Waals surface area contributed by atoms with Gasteiger partial charge in [0.05, 0.1) is 12.1 Å². The summed E-state index contributed by atoms with van der Waals surface area (Å²) in [5, 5.41) is 6.45. The highest BCUT2D eigenvalue weighted by atomic mass is 35.5. The first-order valence-corrected chi connectivity index (χ1v) is 5.92. The fraction of sp³-hybridized carbons (Fsp3) is 0.917. The van der Waals surface area contributed by atoms with Crippen LogP contribution in [0.25, 0.3) is 0 Å². The van der Waals surface area contributed by atoms with E-state index >= 15 is 0 Å². The molecule has 0 radical (unpaired) electrons. The molecule has 1 unspecified atom stereocenters. The predicted molar refractivity (Wildman–Crippen MR) is 71.6 cm³/mol. The lowest BCUT2D eigenvalue weighted by atomic mass is 9.94. The summed E-state index contributed by atoms with van der Waals surface area (Å²) in [6.07, 6.45) is 2.21. The third-order valence-corrected chi connectivity index (χ3v) is 3.02. The molecule has 102 valence electrons. The minimum absolute atomic E-state index is 0. The Bertz CT molecular complexity index is 245. The van der Waals surface area contributed by atoms with Gasteiger partial charge in [-0.15, -0.1) is 12.4 Å². The molecule has 1 amide bonds. The van der Waals surface area contributed by atoms with Crippen LogP contribution in [0.15, 0.2) is 0 Å². The molecule has 1 aliphatic rings. The zero-order chi connectivity index (χ0) is 12.2. The van der Waals surface area contributed by atoms with Crippen LogP contribution in [0.3, 0.4) is 0 Å². The van der Waals surface area contributed by atoms with Crippen LogP contribution < -0.4 is 10.6 Å². The lowest BCUT2D eigenvalue weighted by Crippen LogP contribution is -2.54. The summed E-state index contributed by atoms with van der Waals surface area (Å²) in [6.45, 7) is 8.08. The van der Waals surface area contributed by atoms with E-state index in [2.05, 4.69) is 10.6 Å². The summed E-state index contributed by atoms with van der Waals surface area (Å²) >= 11 is 0. The highest BCUT2D eigenvalue weighted by Crippen LogP contribution is 2.20. The summed E-state index contributed by atoms with van der Waals surface area (Å²) in [6, 6.07) is 0. The number of hydrogen-bond acceptors (Lipinski definition) is 3. The molecule has 4 nitrogen and oxygen atoms in total. The van der Waals surface area contributed by atoms with Gasteiger partial charge in [0, 0.05) is 19.1 Å². The highest BCUT2D eigenvalue weighted by Gasteiger charge is 2.34. The van der Waals surface area contributed by atoms with E-state index in [1.165, 1.54) is 0 Å². The monoisotopic (exact) mass is 264 g/mol. The number of hydrogen-bond donors (Lipinski definition) is 2. The first-order chi connectivity index (χ1) is 7.40. The van der Waals surface area contributed by atoms with Crippen molar-refractivity contribution in [2.24, 2.45) is 5.41 Å². The van der Waals surface area contributed by atoms with Gasteiger partial charge in [-0.05, 0) is 19.4 Å². The Hall–Kier alpha value is -0.320. The van der Waals surface area contributed by atoms with E-state index in [0.29, 0.717) is 13.2 Å². The Balaban J connectivity index is 0.00000256. The van der Waals surface area contributed by atoms with E-state index in [1.54, 1.807) is 7.11 Å². The second-order valence-electron chi connectivity index (χ2n) is 5.68. The maximum Gasteiger partial charge on any atom is 0.225 e. The molecule has 0 saturated carbocycles. The number of ether oxygens (including phenoxy) is 1. The fourth-order valence-corrected chi connectivity index (χ4v) is 1.98. The van der Waals surface area contributed by atoms with E-state index < -0.39 is 0 Å². The number of halogens is 1. The average Bonchev–Trinajstić information content (AvgIpc) is 2.62. The molecule has 0 aromatic rings. The molecular formula is C12H25ClN2O2. The predicted octanol–water partition coefficient (Wildman–Crippen LogP) is 1.34. The Morgan fingerprint density at radius 1 is 1.47 bits per heavy atom. The summed E-state index contributed by atoms with van der Waals surface area (Å²) in [5.41, 5.74) is -0.386. The molecule has 1 heterocycles. The van der Waals surface area contributed by atoms with E-state index in [9.17, 15) is 4.79 Å². The Labute approximate surface area is 110 Å². The topological polar surface area (TPSA) is 50.4 Å². The maximum absolute atomic E-state index is 11.8. The van der Waals surface area contributed by atoms with Crippen molar-refractivity contribution in [2.75, 3.05) is 26.8 Å². The standard InChI is InChI=1S/C12H24N2O2.ClH/c1-11(2,3)10(15)13-8-12(9-16-4)6-5-7-14-12;/h14H,5-9H2,1-4H3,(H,13,15);1H. The zero-order valence-corrected chi connectivity index (χ0v) is 12.1. The molecule has 0 aliphatic carbocycles. The average molecular weight is 265 g/mol. The van der Waals surface area contributed by atoms with Crippen molar-refractivity contribution in [3.8, 4) is 0 Å². The summed E-state index contributed by atoms with van der Waals surface area (Å²) in [4.78, 5) is 11.8. The molecule has 17 heavy (non-hydrogen) atoms. The molecule has 5 heteroatoms. The van der Waals surface area contributed by atoms with E-state index in [4.69, 9.17) is 4.74 Å². The molecule has 1 saturated heterocycles. The van der Waals surface area contributed by atoms with Gasteiger partial charge in [0.25, 0.3) is 0 Å². The quantitative estimate of drug-likeness (QED) is 0.806. The highest BCUT2D eigenvalue weighted by molar-refractivity contribution is 5.85. The normalized spacial score (nSPS) is 24.2. The van der Waals surface area contributed by atoms with Crippen molar-refractivity contribution >= 4 is 18.3 Å². The lowest BCUT2D eigenvalue weighted by molar-refractivity contribution is -0.128. The van der Waals surface area contributed by atoms with Crippen molar-refractivity contribution in [1.82, 2.24) is 10.6 Å². The summed E-state index contributed by atoms with van der Waals surface area (Å²) in [5.74, 6) is 0.0941. The number of methoxy groups -OCH3 is 1. The molecule has 1 atom stereocenters. The van der Waals surface area contributed by atoms with E-state index in [0.717, 1.165) is 19.4 Å². The van der Waals surface area contributed by atoms with Gasteiger partial charge in [-0.3, -0.25) is 4.79 Å². The van der Waals surface area contributed by atoms with Gasteiger partial charge < -0.3 is 15.4 Å². The second kappa shape index (κ2) is 6.57. The van der Waals surface area contributed by atoms with Crippen LogP contribution in [-0.2, 0) is 9.53 Å². The minimum Gasteiger partial charge on any atom is -0.383 e. The van der Waals surface area contributed by atoms with Gasteiger partial charge in [0.15, 0.2) is 0 Å². The Morgan fingerprint density at radius 2 is 2.12 bits per heavy atom. The van der Waals surface area contributed by atoms with Gasteiger partial charge in [-0.25, -0.2) is 0 Å². The van der Waals surface area contributed by atoms with Crippen molar-refractivity contribution < 1.29 is 9.53 Å². The third kappa shape index (κ3) is 4.82. The van der Waals surface area contributed by atoms with Crippen molar-refractivity contribution in [3.63, 3.8) is 0 Å². The largest absolute Gasteiger partial charge is 0.383 e. The molecule has 0 aromatic carbocycles. The van der Waals surface area contributed by atoms with Crippen LogP contribution in [-0.4, -0.2) is 38.3 Å². The van der Waals surface area contributed by atoms with Crippen LogP contribution in [0.1, 0.15) is 33.6 Å². The molecule has 1 rings (SSSR count). The van der Waals surface area contributed by atoms with Gasteiger partial charge >= 0.3 is 0 Å². The zero-order valence-electron chi connectivity index (χ0n) is 11.3. The van der Waals surface area contributed by atoms with Gasteiger partial charge in [0.2, 0.25) is 5.91 Å². The second-order valence-corrected chi connectivity index (χ2v) is 5.68. The first kappa shape index (κ1) is 16.7. The third-order valence-electron chi connectivity index (χ3n) is 3.02. The van der Waals surface area contributed by atoms with Crippen LogP contribution in [0, 0.1) is 5.41 Å². The molecule has 0 spiro atoms. The van der Waals surface area contributed by atoms with Crippen molar-refractivity contribution in [2.45, 2.75) is 39.2 Å². The van der Waals surface area contributed by atoms with E-state index in [-0.39, 0.29) is 29.3 Å². The summed E-state index contributed by atoms with van der Waals surface area (Å²) < 4.78 is 5.23. The van der Waals surface area contributed by atoms with Crippen LogP contribution >= 0.6 is 12.4 Å². The molecule has 1 aliphatic heterocycles. The number of carbonyl (C=O) groups excluding carboxylic acids is 1. The Kier molecular flexibility index (Phi) is 6.45. The number of amides is 1. The molecule has 2 N–H and O–H groups in total. The molecular weight excluding hydrogens is 240 g/mol. The van der Waals surface area contributed by atoms with Gasteiger partial charge in [-0.2, -0.15) is 0 Å². The first-order valence-electron chi connectivity index (χ1n) is 5.92. The van der Waals surface area contributed by atoms with E-state index in [1.807, 2.05) is 20.8 Å². The SMILES string of the molecule is COCC1(CNC(=O)C(C)(C)C)CCCN1.Cl. The number of rotatable bonds is 4. The number of carbonyl (C=O) groups is 1. The van der Waals surface area contributed by atoms with Crippen molar-refractivity contribution in [3.05, 3.63) is 0 Å². The smallest absolute Gasteiger partial charge is 0.225 e. The van der Waals surface area contributed by atoms with Crippen LogP contribution in [0.4, 0.5) is 0 Å². The van der Waals surface area contributed by atoms with Crippen LogP contribution in [0.5, 0.6) is 0 Å². The summed E-state index contributed by atoms with van der Waals surface area (Å²) in [7, 11) is 1.70. The van der Waals surface area contributed by atoms with Gasteiger partial charge in [0.1, 0.15) is 0 Å². The molecule has 1 fully saturated rings. The number of nitrogens with one attached hydrogen (secondary N) is 2. The fourth-order valence-electron chi connectivity index (χ4n) is 1.98. The molecule has 0 aromatic heterocycles.